The van der Waals surface area contributed by atoms with Crippen LogP contribution in [0.5, 0.6) is 0 Å². The van der Waals surface area contributed by atoms with Gasteiger partial charge in [-0.25, -0.2) is 8.42 Å². The minimum Gasteiger partial charge on any atom is -0.481 e. The lowest BCUT2D eigenvalue weighted by molar-refractivity contribution is -0.137. The van der Waals surface area contributed by atoms with Crippen molar-refractivity contribution in [3.05, 3.63) is 0 Å². The van der Waals surface area contributed by atoms with E-state index in [9.17, 15) is 18.0 Å². The number of aliphatic carboxylic acids is 1. The quantitative estimate of drug-likeness (QED) is 0.685. The molecule has 2 fully saturated rings. The molecule has 0 bridgehead atoms. The number of carboxylic acids is 1. The number of hydrogen-bond acceptors (Lipinski definition) is 4. The number of sulfonamides is 1. The van der Waals surface area contributed by atoms with Crippen LogP contribution < -0.4 is 5.32 Å². The van der Waals surface area contributed by atoms with Crippen molar-refractivity contribution in [1.82, 2.24) is 9.62 Å². The van der Waals surface area contributed by atoms with Gasteiger partial charge in [0.25, 0.3) is 0 Å². The van der Waals surface area contributed by atoms with E-state index in [0.717, 1.165) is 12.8 Å². The van der Waals surface area contributed by atoms with Gasteiger partial charge in [0.05, 0.1) is 5.75 Å². The van der Waals surface area contributed by atoms with Crippen molar-refractivity contribution < 1.29 is 23.1 Å². The number of carbonyl (C=O) groups is 2. The highest BCUT2D eigenvalue weighted by atomic mass is 32.2. The molecule has 7 nitrogen and oxygen atoms in total. The standard InChI is InChI=1S/C12H20N2O5S/c15-11(16)4-2-8-20(18,19)14-7-1-3-10(14)12(17)13-9-5-6-9/h9-10H,1-8H2,(H,13,17)(H,15,16). The fourth-order valence-corrected chi connectivity index (χ4v) is 4.12. The Hall–Kier alpha value is -1.15. The second-order valence-electron chi connectivity index (χ2n) is 5.36. The lowest BCUT2D eigenvalue weighted by atomic mass is 10.2. The number of hydrogen-bond donors (Lipinski definition) is 2. The molecule has 8 heteroatoms. The van der Waals surface area contributed by atoms with Crippen molar-refractivity contribution in [1.29, 1.82) is 0 Å². The summed E-state index contributed by atoms with van der Waals surface area (Å²) in [6.07, 6.45) is 3.03. The molecule has 1 saturated carbocycles. The maximum absolute atomic E-state index is 12.2. The zero-order valence-electron chi connectivity index (χ0n) is 11.2. The van der Waals surface area contributed by atoms with Gasteiger partial charge >= 0.3 is 5.97 Å². The first-order valence-electron chi connectivity index (χ1n) is 6.92. The minimum atomic E-state index is -3.56. The molecule has 1 heterocycles. The topological polar surface area (TPSA) is 104 Å². The van der Waals surface area contributed by atoms with Crippen molar-refractivity contribution in [2.45, 2.75) is 50.6 Å². The van der Waals surface area contributed by atoms with Gasteiger partial charge in [-0.3, -0.25) is 9.59 Å². The average molecular weight is 304 g/mol. The molecule has 0 aromatic rings. The van der Waals surface area contributed by atoms with Crippen LogP contribution in [0, 0.1) is 0 Å². The SMILES string of the molecule is O=C(O)CCCS(=O)(=O)N1CCCC1C(=O)NC1CC1. The predicted molar refractivity (Wildman–Crippen MR) is 71.5 cm³/mol. The van der Waals surface area contributed by atoms with E-state index in [4.69, 9.17) is 5.11 Å². The Morgan fingerprint density at radius 1 is 1.25 bits per heavy atom. The number of carbonyl (C=O) groups excluding carboxylic acids is 1. The summed E-state index contributed by atoms with van der Waals surface area (Å²) < 4.78 is 25.6. The van der Waals surface area contributed by atoms with Gasteiger partial charge in [-0.05, 0) is 32.1 Å². The van der Waals surface area contributed by atoms with E-state index >= 15 is 0 Å². The summed E-state index contributed by atoms with van der Waals surface area (Å²) in [6.45, 7) is 0.345. The number of amides is 1. The molecule has 0 aromatic heterocycles. The first-order valence-corrected chi connectivity index (χ1v) is 8.53. The molecule has 20 heavy (non-hydrogen) atoms. The fourth-order valence-electron chi connectivity index (χ4n) is 2.38. The molecule has 114 valence electrons. The molecular weight excluding hydrogens is 284 g/mol. The Morgan fingerprint density at radius 2 is 1.95 bits per heavy atom. The monoisotopic (exact) mass is 304 g/mol. The van der Waals surface area contributed by atoms with Gasteiger partial charge in [0.15, 0.2) is 0 Å². The Bertz CT molecular complexity index is 486. The Kier molecular flexibility index (Phi) is 4.64. The second kappa shape index (κ2) is 6.09. The number of carboxylic acid groups (broad SMARTS) is 1. The lowest BCUT2D eigenvalue weighted by Gasteiger charge is -2.23. The fraction of sp³-hybridized carbons (Fsp3) is 0.833. The van der Waals surface area contributed by atoms with Crippen molar-refractivity contribution in [2.75, 3.05) is 12.3 Å². The smallest absolute Gasteiger partial charge is 0.303 e. The van der Waals surface area contributed by atoms with Crippen LogP contribution in [0.4, 0.5) is 0 Å². The third-order valence-corrected chi connectivity index (χ3v) is 5.54. The third-order valence-electron chi connectivity index (χ3n) is 3.58. The molecule has 2 aliphatic rings. The maximum Gasteiger partial charge on any atom is 0.303 e. The van der Waals surface area contributed by atoms with Crippen LogP contribution in [0.15, 0.2) is 0 Å². The molecule has 0 radical (unpaired) electrons. The maximum atomic E-state index is 12.2. The van der Waals surface area contributed by atoms with Gasteiger partial charge in [-0.1, -0.05) is 0 Å². The van der Waals surface area contributed by atoms with Crippen LogP contribution in [0.2, 0.25) is 0 Å². The van der Waals surface area contributed by atoms with Gasteiger partial charge in [0.1, 0.15) is 6.04 Å². The highest BCUT2D eigenvalue weighted by molar-refractivity contribution is 7.89. The molecule has 1 aliphatic heterocycles. The van der Waals surface area contributed by atoms with E-state index in [2.05, 4.69) is 5.32 Å². The summed E-state index contributed by atoms with van der Waals surface area (Å²) in [5.41, 5.74) is 0. The van der Waals surface area contributed by atoms with Gasteiger partial charge in [0, 0.05) is 19.0 Å². The zero-order chi connectivity index (χ0) is 14.8. The third kappa shape index (κ3) is 3.92. The Balaban J connectivity index is 1.93. The largest absolute Gasteiger partial charge is 0.481 e. The van der Waals surface area contributed by atoms with E-state index in [1.54, 1.807) is 0 Å². The second-order valence-corrected chi connectivity index (χ2v) is 7.41. The summed E-state index contributed by atoms with van der Waals surface area (Å²) in [6, 6.07) is -0.412. The molecule has 1 atom stereocenters. The highest BCUT2D eigenvalue weighted by Crippen LogP contribution is 2.24. The average Bonchev–Trinajstić information content (AvgIpc) is 3.01. The molecule has 0 aromatic carbocycles. The molecule has 1 unspecified atom stereocenters. The molecule has 1 amide bonds. The van der Waals surface area contributed by atoms with E-state index in [1.807, 2.05) is 0 Å². The first kappa shape index (κ1) is 15.2. The summed E-state index contributed by atoms with van der Waals surface area (Å²) in [4.78, 5) is 22.5. The van der Waals surface area contributed by atoms with Crippen molar-refractivity contribution in [3.63, 3.8) is 0 Å². The minimum absolute atomic E-state index is 0.0745. The van der Waals surface area contributed by atoms with Crippen LogP contribution >= 0.6 is 0 Å². The molecule has 0 spiro atoms. The van der Waals surface area contributed by atoms with Crippen molar-refractivity contribution in [2.24, 2.45) is 0 Å². The number of nitrogens with zero attached hydrogens (tertiary/aromatic N) is 1. The normalized spacial score (nSPS) is 23.7. The molecule has 2 rings (SSSR count). The molecular formula is C12H20N2O5S. The lowest BCUT2D eigenvalue weighted by Crippen LogP contribution is -2.47. The predicted octanol–water partition coefficient (Wildman–Crippen LogP) is -0.0760. The van der Waals surface area contributed by atoms with E-state index in [-0.39, 0.29) is 30.5 Å². The van der Waals surface area contributed by atoms with Crippen LogP contribution in [-0.4, -0.2) is 54.1 Å². The Morgan fingerprint density at radius 3 is 2.55 bits per heavy atom. The van der Waals surface area contributed by atoms with Crippen molar-refractivity contribution >= 4 is 21.9 Å². The van der Waals surface area contributed by atoms with Gasteiger partial charge in [0.2, 0.25) is 15.9 Å². The summed E-state index contributed by atoms with van der Waals surface area (Å²) in [7, 11) is -3.56. The molecule has 2 N–H and O–H groups in total. The summed E-state index contributed by atoms with van der Waals surface area (Å²) >= 11 is 0. The van der Waals surface area contributed by atoms with Crippen LogP contribution in [0.25, 0.3) is 0 Å². The number of rotatable bonds is 7. The zero-order valence-corrected chi connectivity index (χ0v) is 12.1. The van der Waals surface area contributed by atoms with Crippen molar-refractivity contribution in [3.8, 4) is 0 Å². The van der Waals surface area contributed by atoms with Gasteiger partial charge in [-0.2, -0.15) is 4.31 Å². The highest BCUT2D eigenvalue weighted by Gasteiger charge is 2.39. The van der Waals surface area contributed by atoms with Gasteiger partial charge < -0.3 is 10.4 Å². The summed E-state index contributed by atoms with van der Waals surface area (Å²) in [5.74, 6) is -1.44. The van der Waals surface area contributed by atoms with E-state index in [0.29, 0.717) is 19.4 Å². The summed E-state index contributed by atoms with van der Waals surface area (Å²) in [5, 5.41) is 11.4. The molecule has 1 aliphatic carbocycles. The Labute approximate surface area is 118 Å². The number of nitrogens with one attached hydrogen (secondary N) is 1. The van der Waals surface area contributed by atoms with Crippen LogP contribution in [0.1, 0.15) is 38.5 Å². The van der Waals surface area contributed by atoms with E-state index < -0.39 is 22.0 Å². The molecule has 1 saturated heterocycles. The first-order chi connectivity index (χ1) is 9.40. The van der Waals surface area contributed by atoms with E-state index in [1.165, 1.54) is 4.31 Å². The van der Waals surface area contributed by atoms with Gasteiger partial charge in [-0.15, -0.1) is 0 Å². The van der Waals surface area contributed by atoms with Crippen LogP contribution in [0.3, 0.4) is 0 Å². The van der Waals surface area contributed by atoms with Crippen LogP contribution in [-0.2, 0) is 19.6 Å².